The topological polar surface area (TPSA) is 33.2 Å². The molecule has 0 saturated carbocycles. The maximum atomic E-state index is 10.7. The molecule has 0 N–H and O–H groups in total. The molecule has 0 saturated heterocycles. The molecule has 0 aliphatic heterocycles. The Balaban J connectivity index is 2.72. The normalized spacial score (nSPS) is 10.4. The zero-order valence-corrected chi connectivity index (χ0v) is 9.69. The highest BCUT2D eigenvalue weighted by Gasteiger charge is 2.04. The minimum absolute atomic E-state index is 0.662. The van der Waals surface area contributed by atoms with Crippen LogP contribution in [0.15, 0.2) is 24.3 Å². The highest BCUT2D eigenvalue weighted by molar-refractivity contribution is 5.89. The Kier molecular flexibility index (Phi) is 2.60. The van der Waals surface area contributed by atoms with Gasteiger partial charge in [0.15, 0.2) is 0 Å². The van der Waals surface area contributed by atoms with E-state index in [1.807, 2.05) is 43.3 Å². The monoisotopic (exact) mass is 214 g/mol. The molecule has 1 heterocycles. The van der Waals surface area contributed by atoms with Crippen LogP contribution in [0.25, 0.3) is 10.9 Å². The molecule has 0 aliphatic rings. The van der Waals surface area contributed by atoms with Crippen LogP contribution in [0.1, 0.15) is 15.9 Å². The lowest BCUT2D eigenvalue weighted by Gasteiger charge is -2.13. The minimum atomic E-state index is 0.662. The highest BCUT2D eigenvalue weighted by Crippen LogP contribution is 2.22. The predicted octanol–water partition coefficient (Wildman–Crippen LogP) is 2.42. The van der Waals surface area contributed by atoms with E-state index < -0.39 is 0 Å². The second-order valence-corrected chi connectivity index (χ2v) is 4.09. The van der Waals surface area contributed by atoms with Crippen molar-refractivity contribution >= 4 is 23.0 Å². The second kappa shape index (κ2) is 3.93. The number of benzene rings is 1. The smallest absolute Gasteiger partial charge is 0.150 e. The Bertz CT molecular complexity index is 547. The van der Waals surface area contributed by atoms with Crippen LogP contribution in [0.4, 0.5) is 5.82 Å². The van der Waals surface area contributed by atoms with Crippen molar-refractivity contribution in [1.82, 2.24) is 4.98 Å². The van der Waals surface area contributed by atoms with E-state index in [-0.39, 0.29) is 0 Å². The summed E-state index contributed by atoms with van der Waals surface area (Å²) in [5.41, 5.74) is 2.70. The van der Waals surface area contributed by atoms with Gasteiger partial charge in [-0.05, 0) is 24.6 Å². The number of carbonyl (C=O) groups is 1. The minimum Gasteiger partial charge on any atom is -0.363 e. The van der Waals surface area contributed by atoms with Gasteiger partial charge in [0, 0.05) is 25.0 Å². The molecule has 1 aromatic heterocycles. The molecule has 2 rings (SSSR count). The van der Waals surface area contributed by atoms with Crippen LogP contribution in [0.2, 0.25) is 0 Å². The second-order valence-electron chi connectivity index (χ2n) is 4.09. The summed E-state index contributed by atoms with van der Waals surface area (Å²) in [6, 6.07) is 7.63. The maximum Gasteiger partial charge on any atom is 0.150 e. The first-order valence-corrected chi connectivity index (χ1v) is 5.16. The van der Waals surface area contributed by atoms with Crippen LogP contribution < -0.4 is 4.90 Å². The zero-order chi connectivity index (χ0) is 11.7. The van der Waals surface area contributed by atoms with Gasteiger partial charge in [-0.1, -0.05) is 12.1 Å². The predicted molar refractivity (Wildman–Crippen MR) is 66.2 cm³/mol. The number of aryl methyl sites for hydroxylation is 1. The number of anilines is 1. The number of pyridine rings is 1. The number of carbonyl (C=O) groups excluding carboxylic acids is 1. The molecule has 3 heteroatoms. The fourth-order valence-corrected chi connectivity index (χ4v) is 1.70. The average molecular weight is 214 g/mol. The third-order valence-corrected chi connectivity index (χ3v) is 2.62. The van der Waals surface area contributed by atoms with Crippen LogP contribution in [-0.4, -0.2) is 25.4 Å². The molecule has 0 spiro atoms. The molecule has 0 amide bonds. The summed E-state index contributed by atoms with van der Waals surface area (Å²) in [6.45, 7) is 2.05. The van der Waals surface area contributed by atoms with E-state index in [0.717, 1.165) is 23.0 Å². The third-order valence-electron chi connectivity index (χ3n) is 2.62. The summed E-state index contributed by atoms with van der Waals surface area (Å²) in [6.07, 6.45) is 0.846. The van der Waals surface area contributed by atoms with Crippen molar-refractivity contribution in [2.24, 2.45) is 0 Å². The molecule has 0 fully saturated rings. The lowest BCUT2D eigenvalue weighted by Crippen LogP contribution is -2.10. The van der Waals surface area contributed by atoms with Crippen molar-refractivity contribution in [3.05, 3.63) is 35.4 Å². The highest BCUT2D eigenvalue weighted by atomic mass is 16.1. The quantitative estimate of drug-likeness (QED) is 0.720. The van der Waals surface area contributed by atoms with Gasteiger partial charge < -0.3 is 4.90 Å². The van der Waals surface area contributed by atoms with Crippen molar-refractivity contribution in [2.75, 3.05) is 19.0 Å². The molecule has 0 aliphatic carbocycles. The Hall–Kier alpha value is -1.90. The molecular formula is C13H14N2O. The molecule has 82 valence electrons. The van der Waals surface area contributed by atoms with Crippen LogP contribution in [0, 0.1) is 6.92 Å². The van der Waals surface area contributed by atoms with Crippen LogP contribution in [-0.2, 0) is 0 Å². The summed E-state index contributed by atoms with van der Waals surface area (Å²) in [7, 11) is 3.91. The fraction of sp³-hybridized carbons (Fsp3) is 0.231. The van der Waals surface area contributed by atoms with Crippen LogP contribution in [0.3, 0.4) is 0 Å². The number of aldehydes is 1. The molecule has 2 aromatic rings. The fourth-order valence-electron chi connectivity index (χ4n) is 1.70. The van der Waals surface area contributed by atoms with E-state index >= 15 is 0 Å². The van der Waals surface area contributed by atoms with Crippen LogP contribution in [0.5, 0.6) is 0 Å². The summed E-state index contributed by atoms with van der Waals surface area (Å²) < 4.78 is 0. The van der Waals surface area contributed by atoms with Crippen molar-refractivity contribution in [2.45, 2.75) is 6.92 Å². The first-order valence-electron chi connectivity index (χ1n) is 5.16. The number of hydrogen-bond donors (Lipinski definition) is 0. The van der Waals surface area contributed by atoms with Crippen molar-refractivity contribution < 1.29 is 4.79 Å². The van der Waals surface area contributed by atoms with Gasteiger partial charge in [-0.25, -0.2) is 4.98 Å². The molecule has 3 nitrogen and oxygen atoms in total. The van der Waals surface area contributed by atoms with E-state index in [0.29, 0.717) is 5.56 Å². The van der Waals surface area contributed by atoms with Gasteiger partial charge in [0.05, 0.1) is 5.52 Å². The summed E-state index contributed by atoms with van der Waals surface area (Å²) in [4.78, 5) is 17.2. The molecule has 0 unspecified atom stereocenters. The average Bonchev–Trinajstić information content (AvgIpc) is 2.28. The molecule has 16 heavy (non-hydrogen) atoms. The Morgan fingerprint density at radius 3 is 2.62 bits per heavy atom. The first kappa shape index (κ1) is 10.6. The van der Waals surface area contributed by atoms with Gasteiger partial charge in [-0.15, -0.1) is 0 Å². The van der Waals surface area contributed by atoms with Crippen molar-refractivity contribution in [1.29, 1.82) is 0 Å². The molecule has 0 radical (unpaired) electrons. The summed E-state index contributed by atoms with van der Waals surface area (Å²) >= 11 is 0. The standard InChI is InChI=1S/C13H14N2O/c1-9-6-13(15(2)3)14-12-7-10(8-16)4-5-11(9)12/h4-8H,1-3H3. The molecular weight excluding hydrogens is 200 g/mol. The lowest BCUT2D eigenvalue weighted by molar-refractivity contribution is 0.112. The maximum absolute atomic E-state index is 10.7. The molecule has 0 atom stereocenters. The van der Waals surface area contributed by atoms with Gasteiger partial charge in [0.25, 0.3) is 0 Å². The number of fused-ring (bicyclic) bond motifs is 1. The van der Waals surface area contributed by atoms with Crippen molar-refractivity contribution in [3.8, 4) is 0 Å². The number of rotatable bonds is 2. The largest absolute Gasteiger partial charge is 0.363 e. The Morgan fingerprint density at radius 2 is 2.00 bits per heavy atom. The molecule has 1 aromatic carbocycles. The lowest BCUT2D eigenvalue weighted by atomic mass is 10.1. The number of aromatic nitrogens is 1. The van der Waals surface area contributed by atoms with Gasteiger partial charge in [0.2, 0.25) is 0 Å². The van der Waals surface area contributed by atoms with Gasteiger partial charge in [0.1, 0.15) is 12.1 Å². The Labute approximate surface area is 94.7 Å². The van der Waals surface area contributed by atoms with E-state index in [4.69, 9.17) is 0 Å². The van der Waals surface area contributed by atoms with Crippen LogP contribution >= 0.6 is 0 Å². The van der Waals surface area contributed by atoms with E-state index in [1.165, 1.54) is 5.56 Å². The SMILES string of the molecule is Cc1cc(N(C)C)nc2cc(C=O)ccc12. The summed E-state index contributed by atoms with van der Waals surface area (Å²) in [5, 5.41) is 1.09. The van der Waals surface area contributed by atoms with Gasteiger partial charge >= 0.3 is 0 Å². The third kappa shape index (κ3) is 1.76. The summed E-state index contributed by atoms with van der Waals surface area (Å²) in [5.74, 6) is 0.910. The number of hydrogen-bond acceptors (Lipinski definition) is 3. The zero-order valence-electron chi connectivity index (χ0n) is 9.69. The van der Waals surface area contributed by atoms with Gasteiger partial charge in [-0.3, -0.25) is 4.79 Å². The van der Waals surface area contributed by atoms with Gasteiger partial charge in [-0.2, -0.15) is 0 Å². The Morgan fingerprint density at radius 1 is 1.25 bits per heavy atom. The number of nitrogens with zero attached hydrogens (tertiary/aromatic N) is 2. The first-order chi connectivity index (χ1) is 7.61. The van der Waals surface area contributed by atoms with E-state index in [1.54, 1.807) is 0 Å². The van der Waals surface area contributed by atoms with Crippen molar-refractivity contribution in [3.63, 3.8) is 0 Å². The van der Waals surface area contributed by atoms with E-state index in [2.05, 4.69) is 11.9 Å². The molecule has 0 bridgehead atoms. The van der Waals surface area contributed by atoms with E-state index in [9.17, 15) is 4.79 Å².